The summed E-state index contributed by atoms with van der Waals surface area (Å²) < 4.78 is 14.0. The van der Waals surface area contributed by atoms with Gasteiger partial charge in [0.1, 0.15) is 11.2 Å². The Balaban J connectivity index is 1.83. The minimum absolute atomic E-state index is 0.250. The van der Waals surface area contributed by atoms with Crippen molar-refractivity contribution < 1.29 is 14.0 Å². The zero-order valence-corrected chi connectivity index (χ0v) is 19.1. The average Bonchev–Trinajstić information content (AvgIpc) is 2.74. The van der Waals surface area contributed by atoms with Crippen molar-refractivity contribution in [2.24, 2.45) is 0 Å². The predicted octanol–water partition coefficient (Wildman–Crippen LogP) is 6.00. The fraction of sp³-hybridized carbons (Fsp3) is 0.240. The molecule has 3 rings (SSSR count). The number of halogens is 2. The van der Waals surface area contributed by atoms with Crippen LogP contribution in [0.25, 0.3) is 11.3 Å². The van der Waals surface area contributed by atoms with Gasteiger partial charge in [-0.1, -0.05) is 39.0 Å². The first-order valence-corrected chi connectivity index (χ1v) is 10.6. The van der Waals surface area contributed by atoms with E-state index in [2.05, 4.69) is 15.6 Å². The number of nitrogens with zero attached hydrogens (tertiary/aromatic N) is 1. The van der Waals surface area contributed by atoms with Crippen molar-refractivity contribution in [1.82, 2.24) is 4.98 Å². The van der Waals surface area contributed by atoms with E-state index in [4.69, 9.17) is 11.6 Å². The summed E-state index contributed by atoms with van der Waals surface area (Å²) in [6.07, 6.45) is 1.47. The largest absolute Gasteiger partial charge is 0.325 e. The number of hydrogen-bond acceptors (Lipinski definition) is 3. The molecule has 7 heteroatoms. The van der Waals surface area contributed by atoms with E-state index < -0.39 is 5.38 Å². The van der Waals surface area contributed by atoms with Crippen molar-refractivity contribution in [3.05, 3.63) is 77.7 Å². The Morgan fingerprint density at radius 1 is 1.03 bits per heavy atom. The summed E-state index contributed by atoms with van der Waals surface area (Å²) in [5, 5.41) is 4.88. The molecular formula is C25H25ClFN3O2. The number of nitrogens with one attached hydrogen (secondary N) is 2. The van der Waals surface area contributed by atoms with Crippen LogP contribution in [-0.4, -0.2) is 22.2 Å². The Morgan fingerprint density at radius 3 is 2.34 bits per heavy atom. The van der Waals surface area contributed by atoms with Crippen LogP contribution >= 0.6 is 11.6 Å². The monoisotopic (exact) mass is 453 g/mol. The van der Waals surface area contributed by atoms with Gasteiger partial charge in [-0.25, -0.2) is 4.39 Å². The summed E-state index contributed by atoms with van der Waals surface area (Å²) in [5.74, 6) is -1.07. The van der Waals surface area contributed by atoms with Gasteiger partial charge >= 0.3 is 0 Å². The van der Waals surface area contributed by atoms with E-state index in [9.17, 15) is 14.0 Å². The maximum Gasteiger partial charge on any atom is 0.255 e. The van der Waals surface area contributed by atoms with E-state index in [-0.39, 0.29) is 23.0 Å². The first-order chi connectivity index (χ1) is 15.1. The van der Waals surface area contributed by atoms with Crippen LogP contribution in [0.1, 0.15) is 43.6 Å². The lowest BCUT2D eigenvalue weighted by molar-refractivity contribution is -0.115. The summed E-state index contributed by atoms with van der Waals surface area (Å²) >= 11 is 5.90. The van der Waals surface area contributed by atoms with Gasteiger partial charge in [-0.3, -0.25) is 14.6 Å². The molecule has 0 bridgehead atoms. The molecular weight excluding hydrogens is 429 g/mol. The van der Waals surface area contributed by atoms with E-state index in [1.807, 2.05) is 26.8 Å². The van der Waals surface area contributed by atoms with Crippen molar-refractivity contribution >= 4 is 34.8 Å². The lowest BCUT2D eigenvalue weighted by Crippen LogP contribution is -2.24. The highest BCUT2D eigenvalue weighted by molar-refractivity contribution is 6.32. The fourth-order valence-corrected chi connectivity index (χ4v) is 3.23. The Hall–Kier alpha value is -3.25. The molecule has 1 unspecified atom stereocenters. The van der Waals surface area contributed by atoms with Crippen molar-refractivity contribution in [2.75, 3.05) is 10.6 Å². The average molecular weight is 454 g/mol. The number of benzene rings is 2. The highest BCUT2D eigenvalue weighted by Crippen LogP contribution is 2.31. The second-order valence-corrected chi connectivity index (χ2v) is 9.14. The van der Waals surface area contributed by atoms with Gasteiger partial charge in [-0.15, -0.1) is 11.6 Å². The van der Waals surface area contributed by atoms with Crippen LogP contribution in [0.2, 0.25) is 0 Å². The van der Waals surface area contributed by atoms with Crippen LogP contribution in [0.4, 0.5) is 15.8 Å². The number of carbonyl (C=O) groups excluding carboxylic acids is 2. The molecule has 0 spiro atoms. The number of hydrogen-bond donors (Lipinski definition) is 2. The van der Waals surface area contributed by atoms with Crippen molar-refractivity contribution in [3.8, 4) is 11.3 Å². The molecule has 0 aliphatic carbocycles. The highest BCUT2D eigenvalue weighted by atomic mass is 35.5. The standard InChI is InChI=1S/C25H25ClFN3O2/c1-15(26)23(31)30-22-13-16(9-11-19(22)25(2,3)4)24(32)29-17-10-12-21(28-14-17)18-7-5-6-8-20(18)27/h5-15H,1-4H3,(H,29,32)(H,30,31). The quantitative estimate of drug-likeness (QED) is 0.465. The number of anilines is 2. The van der Waals surface area contributed by atoms with Gasteiger partial charge in [0, 0.05) is 16.8 Å². The lowest BCUT2D eigenvalue weighted by atomic mass is 9.85. The molecule has 0 saturated heterocycles. The summed E-state index contributed by atoms with van der Waals surface area (Å²) in [6.45, 7) is 7.64. The fourth-order valence-electron chi connectivity index (χ4n) is 3.17. The van der Waals surface area contributed by atoms with Crippen LogP contribution in [0.5, 0.6) is 0 Å². The zero-order chi connectivity index (χ0) is 23.5. The topological polar surface area (TPSA) is 71.1 Å². The molecule has 2 aromatic carbocycles. The number of pyridine rings is 1. The Kier molecular flexibility index (Phi) is 6.94. The van der Waals surface area contributed by atoms with Crippen LogP contribution in [-0.2, 0) is 10.2 Å². The molecule has 1 aromatic heterocycles. The summed E-state index contributed by atoms with van der Waals surface area (Å²) in [6, 6.07) is 14.8. The van der Waals surface area contributed by atoms with Gasteiger partial charge in [0.15, 0.2) is 0 Å². The number of aromatic nitrogens is 1. The van der Waals surface area contributed by atoms with Crippen molar-refractivity contribution in [2.45, 2.75) is 38.5 Å². The Labute approximate surface area is 192 Å². The molecule has 0 aliphatic heterocycles. The Bertz CT molecular complexity index is 1140. The predicted molar refractivity (Wildman–Crippen MR) is 127 cm³/mol. The van der Waals surface area contributed by atoms with E-state index in [1.54, 1.807) is 49.4 Å². The molecule has 3 aromatic rings. The molecule has 0 saturated carbocycles. The molecule has 32 heavy (non-hydrogen) atoms. The summed E-state index contributed by atoms with van der Waals surface area (Å²) in [5.41, 5.74) is 2.86. The third kappa shape index (κ3) is 5.51. The minimum Gasteiger partial charge on any atom is -0.325 e. The van der Waals surface area contributed by atoms with E-state index in [1.165, 1.54) is 12.3 Å². The van der Waals surface area contributed by atoms with Crippen LogP contribution in [0, 0.1) is 5.82 Å². The lowest BCUT2D eigenvalue weighted by Gasteiger charge is -2.24. The normalized spacial score (nSPS) is 12.2. The van der Waals surface area contributed by atoms with Crippen molar-refractivity contribution in [3.63, 3.8) is 0 Å². The minimum atomic E-state index is -0.709. The van der Waals surface area contributed by atoms with E-state index >= 15 is 0 Å². The van der Waals surface area contributed by atoms with Gasteiger partial charge in [-0.05, 0) is 54.3 Å². The second-order valence-electron chi connectivity index (χ2n) is 8.48. The molecule has 0 fully saturated rings. The molecule has 1 heterocycles. The third-order valence-corrected chi connectivity index (χ3v) is 5.08. The maximum absolute atomic E-state index is 14.0. The first-order valence-electron chi connectivity index (χ1n) is 10.2. The van der Waals surface area contributed by atoms with Gasteiger partial charge in [0.2, 0.25) is 5.91 Å². The second kappa shape index (κ2) is 9.49. The number of rotatable bonds is 5. The van der Waals surface area contributed by atoms with Gasteiger partial charge in [-0.2, -0.15) is 0 Å². The van der Waals surface area contributed by atoms with Crippen LogP contribution < -0.4 is 10.6 Å². The Morgan fingerprint density at radius 2 is 1.75 bits per heavy atom. The van der Waals surface area contributed by atoms with E-state index in [0.717, 1.165) is 5.56 Å². The number of alkyl halides is 1. The van der Waals surface area contributed by atoms with E-state index in [0.29, 0.717) is 28.2 Å². The summed E-state index contributed by atoms with van der Waals surface area (Å²) in [7, 11) is 0. The number of carbonyl (C=O) groups is 2. The molecule has 2 N–H and O–H groups in total. The molecule has 0 radical (unpaired) electrons. The smallest absolute Gasteiger partial charge is 0.255 e. The zero-order valence-electron chi connectivity index (χ0n) is 18.4. The summed E-state index contributed by atoms with van der Waals surface area (Å²) in [4.78, 5) is 29.2. The van der Waals surface area contributed by atoms with Gasteiger partial charge in [0.05, 0.1) is 17.6 Å². The van der Waals surface area contributed by atoms with Crippen LogP contribution in [0.15, 0.2) is 60.8 Å². The molecule has 0 aliphatic rings. The molecule has 2 amide bonds. The van der Waals surface area contributed by atoms with Crippen LogP contribution in [0.3, 0.4) is 0 Å². The molecule has 166 valence electrons. The SMILES string of the molecule is CC(Cl)C(=O)Nc1cc(C(=O)Nc2ccc(-c3ccccc3F)nc2)ccc1C(C)(C)C. The number of amides is 2. The van der Waals surface area contributed by atoms with Gasteiger partial charge < -0.3 is 10.6 Å². The maximum atomic E-state index is 14.0. The molecule has 5 nitrogen and oxygen atoms in total. The van der Waals surface area contributed by atoms with Crippen molar-refractivity contribution in [1.29, 1.82) is 0 Å². The molecule has 1 atom stereocenters. The first kappa shape index (κ1) is 23.4. The third-order valence-electron chi connectivity index (χ3n) is 4.88. The highest BCUT2D eigenvalue weighted by Gasteiger charge is 2.22. The van der Waals surface area contributed by atoms with Gasteiger partial charge in [0.25, 0.3) is 5.91 Å².